The van der Waals surface area contributed by atoms with Gasteiger partial charge in [0, 0.05) is 69.4 Å². The summed E-state index contributed by atoms with van der Waals surface area (Å²) in [4.78, 5) is 32.2. The van der Waals surface area contributed by atoms with Crippen LogP contribution in [0.5, 0.6) is 0 Å². The third kappa shape index (κ3) is 4.17. The third-order valence-corrected chi connectivity index (χ3v) is 6.10. The van der Waals surface area contributed by atoms with E-state index >= 15 is 0 Å². The highest BCUT2D eigenvalue weighted by molar-refractivity contribution is 5.94. The Morgan fingerprint density at radius 2 is 1.58 bits per heavy atom. The molecule has 33 heavy (non-hydrogen) atoms. The van der Waals surface area contributed by atoms with Gasteiger partial charge in [-0.25, -0.2) is 9.97 Å². The normalized spacial score (nSPS) is 14.6. The summed E-state index contributed by atoms with van der Waals surface area (Å²) in [5.74, 6) is 0.988. The molecule has 0 spiro atoms. The van der Waals surface area contributed by atoms with Crippen LogP contribution in [0.25, 0.3) is 28.2 Å². The van der Waals surface area contributed by atoms with Crippen LogP contribution in [0.15, 0.2) is 61.2 Å². The molecular weight excluding hydrogens is 414 g/mol. The molecular formula is C25H27N7O. The van der Waals surface area contributed by atoms with E-state index in [9.17, 15) is 4.79 Å². The van der Waals surface area contributed by atoms with Crippen LogP contribution in [0.1, 0.15) is 10.4 Å². The highest BCUT2D eigenvalue weighted by Gasteiger charge is 2.16. The molecule has 0 N–H and O–H groups in total. The molecule has 5 rings (SSSR count). The van der Waals surface area contributed by atoms with E-state index in [1.54, 1.807) is 25.2 Å². The molecule has 0 unspecified atom stereocenters. The third-order valence-electron chi connectivity index (χ3n) is 6.10. The van der Waals surface area contributed by atoms with Gasteiger partial charge in [-0.1, -0.05) is 12.1 Å². The van der Waals surface area contributed by atoms with Gasteiger partial charge in [-0.2, -0.15) is 0 Å². The largest absolute Gasteiger partial charge is 0.354 e. The van der Waals surface area contributed by atoms with Crippen LogP contribution in [0.3, 0.4) is 0 Å². The lowest BCUT2D eigenvalue weighted by Crippen LogP contribution is -2.44. The molecule has 3 aromatic heterocycles. The molecule has 4 heterocycles. The molecule has 4 aromatic rings. The van der Waals surface area contributed by atoms with Gasteiger partial charge >= 0.3 is 0 Å². The number of carbonyl (C=O) groups is 1. The van der Waals surface area contributed by atoms with Crippen molar-refractivity contribution in [2.24, 2.45) is 0 Å². The Hall–Kier alpha value is -3.78. The maximum atomic E-state index is 12.2. The Morgan fingerprint density at radius 1 is 0.848 bits per heavy atom. The van der Waals surface area contributed by atoms with Gasteiger partial charge in [0.2, 0.25) is 0 Å². The average molecular weight is 442 g/mol. The smallest absolute Gasteiger partial charge is 0.253 e. The highest BCUT2D eigenvalue weighted by atomic mass is 16.2. The van der Waals surface area contributed by atoms with E-state index in [1.807, 2.05) is 47.3 Å². The standard InChI is InChI=1S/C25H27N7O/c1-29(2)25(33)19-6-4-18(5-7-19)22-15-28-24-16-26-21(17-32(22)24)20-8-9-23(27-14-20)31-12-10-30(3)11-13-31/h4-9,14-17H,10-13H2,1-3H3. The molecule has 1 fully saturated rings. The van der Waals surface area contributed by atoms with E-state index in [1.165, 1.54) is 0 Å². The first kappa shape index (κ1) is 21.1. The Kier molecular flexibility index (Phi) is 5.51. The van der Waals surface area contributed by atoms with Crippen molar-refractivity contribution < 1.29 is 4.79 Å². The number of aromatic nitrogens is 4. The number of carbonyl (C=O) groups excluding carboxylic acids is 1. The minimum Gasteiger partial charge on any atom is -0.354 e. The number of hydrogen-bond acceptors (Lipinski definition) is 6. The van der Waals surface area contributed by atoms with E-state index in [2.05, 4.69) is 38.9 Å². The predicted octanol–water partition coefficient (Wildman–Crippen LogP) is 2.91. The fourth-order valence-corrected chi connectivity index (χ4v) is 4.05. The minimum atomic E-state index is -0.0151. The monoisotopic (exact) mass is 441 g/mol. The molecule has 0 aliphatic carbocycles. The van der Waals surface area contributed by atoms with Crippen molar-refractivity contribution in [3.8, 4) is 22.5 Å². The summed E-state index contributed by atoms with van der Waals surface area (Å²) in [6.07, 6.45) is 7.48. The number of anilines is 1. The second-order valence-corrected chi connectivity index (χ2v) is 8.62. The van der Waals surface area contributed by atoms with Crippen LogP contribution < -0.4 is 4.90 Å². The van der Waals surface area contributed by atoms with E-state index in [-0.39, 0.29) is 5.91 Å². The van der Waals surface area contributed by atoms with Crippen molar-refractivity contribution in [1.82, 2.24) is 29.2 Å². The van der Waals surface area contributed by atoms with E-state index in [4.69, 9.17) is 4.98 Å². The van der Waals surface area contributed by atoms with Crippen molar-refractivity contribution in [2.75, 3.05) is 52.2 Å². The summed E-state index contributed by atoms with van der Waals surface area (Å²) in [5, 5.41) is 0. The van der Waals surface area contributed by atoms with Crippen LogP contribution >= 0.6 is 0 Å². The Morgan fingerprint density at radius 3 is 2.24 bits per heavy atom. The lowest BCUT2D eigenvalue weighted by atomic mass is 10.1. The van der Waals surface area contributed by atoms with Crippen LogP contribution in [0, 0.1) is 0 Å². The Labute approximate surface area is 193 Å². The van der Waals surface area contributed by atoms with Gasteiger partial charge in [0.15, 0.2) is 5.65 Å². The number of pyridine rings is 1. The van der Waals surface area contributed by atoms with Gasteiger partial charge in [0.1, 0.15) is 5.82 Å². The molecule has 8 heteroatoms. The molecule has 1 aromatic carbocycles. The van der Waals surface area contributed by atoms with E-state index < -0.39 is 0 Å². The summed E-state index contributed by atoms with van der Waals surface area (Å²) in [5.41, 5.74) is 5.15. The number of piperazine rings is 1. The number of nitrogens with zero attached hydrogens (tertiary/aromatic N) is 7. The zero-order chi connectivity index (χ0) is 22.9. The first-order valence-corrected chi connectivity index (χ1v) is 11.0. The van der Waals surface area contributed by atoms with Gasteiger partial charge < -0.3 is 14.7 Å². The van der Waals surface area contributed by atoms with Gasteiger partial charge in [0.25, 0.3) is 5.91 Å². The zero-order valence-electron chi connectivity index (χ0n) is 19.1. The van der Waals surface area contributed by atoms with Crippen LogP contribution in [-0.4, -0.2) is 82.4 Å². The highest BCUT2D eigenvalue weighted by Crippen LogP contribution is 2.25. The summed E-state index contributed by atoms with van der Waals surface area (Å²) in [6, 6.07) is 11.7. The number of likely N-dealkylation sites (N-methyl/N-ethyl adjacent to an activating group) is 1. The molecule has 0 bridgehead atoms. The molecule has 0 saturated carbocycles. The first-order chi connectivity index (χ1) is 16.0. The second-order valence-electron chi connectivity index (χ2n) is 8.62. The number of rotatable bonds is 4. The van der Waals surface area contributed by atoms with Crippen molar-refractivity contribution >= 4 is 17.4 Å². The first-order valence-electron chi connectivity index (χ1n) is 11.0. The lowest BCUT2D eigenvalue weighted by Gasteiger charge is -2.33. The molecule has 0 atom stereocenters. The predicted molar refractivity (Wildman–Crippen MR) is 129 cm³/mol. The zero-order valence-corrected chi connectivity index (χ0v) is 19.1. The van der Waals surface area contributed by atoms with Gasteiger partial charge in [0.05, 0.1) is 23.8 Å². The van der Waals surface area contributed by atoms with Crippen molar-refractivity contribution in [3.05, 3.63) is 66.7 Å². The number of hydrogen-bond donors (Lipinski definition) is 0. The summed E-state index contributed by atoms with van der Waals surface area (Å²) >= 11 is 0. The van der Waals surface area contributed by atoms with Crippen LogP contribution in [0.2, 0.25) is 0 Å². The fraction of sp³-hybridized carbons (Fsp3) is 0.280. The lowest BCUT2D eigenvalue weighted by molar-refractivity contribution is 0.0827. The molecule has 1 saturated heterocycles. The quantitative estimate of drug-likeness (QED) is 0.485. The van der Waals surface area contributed by atoms with Crippen molar-refractivity contribution in [1.29, 1.82) is 0 Å². The second kappa shape index (κ2) is 8.63. The van der Waals surface area contributed by atoms with Gasteiger partial charge in [-0.3, -0.25) is 14.2 Å². The van der Waals surface area contributed by atoms with Gasteiger partial charge in [-0.15, -0.1) is 0 Å². The number of amides is 1. The minimum absolute atomic E-state index is 0.0151. The molecule has 0 radical (unpaired) electrons. The maximum Gasteiger partial charge on any atom is 0.253 e. The van der Waals surface area contributed by atoms with Gasteiger partial charge in [-0.05, 0) is 31.3 Å². The Bertz CT molecular complexity index is 1270. The molecule has 8 nitrogen and oxygen atoms in total. The summed E-state index contributed by atoms with van der Waals surface area (Å²) in [7, 11) is 5.65. The maximum absolute atomic E-state index is 12.2. The van der Waals surface area contributed by atoms with E-state index in [0.717, 1.165) is 60.2 Å². The molecule has 1 amide bonds. The van der Waals surface area contributed by atoms with E-state index in [0.29, 0.717) is 5.56 Å². The summed E-state index contributed by atoms with van der Waals surface area (Å²) in [6.45, 7) is 4.08. The number of fused-ring (bicyclic) bond motifs is 1. The molecule has 1 aliphatic rings. The topological polar surface area (TPSA) is 69.9 Å². The van der Waals surface area contributed by atoms with Crippen LogP contribution in [-0.2, 0) is 0 Å². The van der Waals surface area contributed by atoms with Crippen LogP contribution in [0.4, 0.5) is 5.82 Å². The molecule has 1 aliphatic heterocycles. The average Bonchev–Trinajstić information content (AvgIpc) is 3.27. The molecule has 168 valence electrons. The van der Waals surface area contributed by atoms with Crippen molar-refractivity contribution in [2.45, 2.75) is 0 Å². The number of imidazole rings is 1. The number of benzene rings is 1. The summed E-state index contributed by atoms with van der Waals surface area (Å²) < 4.78 is 2.03. The SMILES string of the molecule is CN1CCN(c2ccc(-c3cn4c(-c5ccc(C(=O)N(C)C)cc5)cnc4cn3)cn2)CC1. The Balaban J connectivity index is 1.42. The van der Waals surface area contributed by atoms with Crippen molar-refractivity contribution in [3.63, 3.8) is 0 Å². The fourth-order valence-electron chi connectivity index (χ4n) is 4.05.